The molecule has 13 aromatic rings. The van der Waals surface area contributed by atoms with E-state index in [2.05, 4.69) is 252 Å². The number of fused-ring (bicyclic) bond motifs is 9. The van der Waals surface area contributed by atoms with Crippen LogP contribution >= 0.6 is 0 Å². The van der Waals surface area contributed by atoms with E-state index in [9.17, 15) is 0 Å². The summed E-state index contributed by atoms with van der Waals surface area (Å²) in [6.07, 6.45) is 0. The molecule has 0 amide bonds. The highest BCUT2D eigenvalue weighted by molar-refractivity contribution is 6.24. The predicted octanol–water partition coefficient (Wildman–Crippen LogP) is 18.1. The van der Waals surface area contributed by atoms with E-state index in [1.807, 2.05) is 0 Å². The van der Waals surface area contributed by atoms with Crippen LogP contribution in [0.5, 0.6) is 0 Å². The zero-order chi connectivity index (χ0) is 43.6. The van der Waals surface area contributed by atoms with Crippen LogP contribution < -0.4 is 9.80 Å². The van der Waals surface area contributed by atoms with Gasteiger partial charge in [-0.1, -0.05) is 133 Å². The van der Waals surface area contributed by atoms with Gasteiger partial charge < -0.3 is 18.6 Å². The van der Waals surface area contributed by atoms with E-state index in [0.717, 1.165) is 99.5 Å². The molecule has 310 valence electrons. The summed E-state index contributed by atoms with van der Waals surface area (Å²) < 4.78 is 13.6. The molecule has 0 bridgehead atoms. The third kappa shape index (κ3) is 6.46. The molecule has 0 saturated carbocycles. The lowest BCUT2D eigenvalue weighted by Crippen LogP contribution is -2.09. The van der Waals surface area contributed by atoms with E-state index < -0.39 is 0 Å². The molecule has 66 heavy (non-hydrogen) atoms. The molecule has 0 saturated heterocycles. The molecule has 0 fully saturated rings. The molecule has 2 heterocycles. The summed E-state index contributed by atoms with van der Waals surface area (Å²) in [6.45, 7) is 0. The van der Waals surface area contributed by atoms with Gasteiger partial charge in [0.05, 0.1) is 5.39 Å². The second-order valence-corrected chi connectivity index (χ2v) is 17.0. The minimum Gasteiger partial charge on any atom is -0.456 e. The van der Waals surface area contributed by atoms with Crippen LogP contribution in [-0.2, 0) is 0 Å². The SMILES string of the molecule is c1ccc(-c2cccc(N(c3ccccc3)c3ccc4cc5c(cc4c3)oc3c5ccc4oc5cc6cc(N(c7ccccc7)c7cccc(-c8ccccc8)c7)ccc6cc5c43)c2)cc1. The van der Waals surface area contributed by atoms with Crippen molar-refractivity contribution in [3.8, 4) is 22.3 Å². The standard InChI is InChI=1S/C62H40N2O2/c1-5-15-41(16-6-1)43-19-13-25-51(33-43)63(49-21-9-3-10-22-49)53-29-27-45-37-56-55-31-32-58-61(62(55)66-59(56)39-47(45)35-53)57-38-46-28-30-54(36-48(46)40-60(57)65-58)64(50-23-11-4-12-24-50)52-26-14-20-44(34-52)42-17-7-2-8-18-42/h1-40H. The number of anilines is 6. The third-order valence-electron chi connectivity index (χ3n) is 12.9. The maximum atomic E-state index is 6.90. The molecule has 11 aromatic carbocycles. The smallest absolute Gasteiger partial charge is 0.147 e. The Hall–Kier alpha value is -8.86. The van der Waals surface area contributed by atoms with Crippen LogP contribution in [0, 0.1) is 0 Å². The lowest BCUT2D eigenvalue weighted by atomic mass is 10.0. The fourth-order valence-electron chi connectivity index (χ4n) is 9.79. The summed E-state index contributed by atoms with van der Waals surface area (Å²) in [5, 5.41) is 8.66. The Morgan fingerprint density at radius 3 is 1.21 bits per heavy atom. The second-order valence-electron chi connectivity index (χ2n) is 17.0. The van der Waals surface area contributed by atoms with Gasteiger partial charge in [0, 0.05) is 50.3 Å². The van der Waals surface area contributed by atoms with Crippen molar-refractivity contribution in [2.24, 2.45) is 0 Å². The molecule has 0 aliphatic heterocycles. The molecule has 0 atom stereocenters. The first kappa shape index (κ1) is 37.7. The largest absolute Gasteiger partial charge is 0.456 e. The van der Waals surface area contributed by atoms with Gasteiger partial charge in [-0.25, -0.2) is 0 Å². The summed E-state index contributed by atoms with van der Waals surface area (Å²) in [4.78, 5) is 4.65. The number of hydrogen-bond donors (Lipinski definition) is 0. The summed E-state index contributed by atoms with van der Waals surface area (Å²) >= 11 is 0. The number of rotatable bonds is 8. The molecule has 2 aromatic heterocycles. The fourth-order valence-corrected chi connectivity index (χ4v) is 9.79. The van der Waals surface area contributed by atoms with Gasteiger partial charge in [0.2, 0.25) is 0 Å². The van der Waals surface area contributed by atoms with Crippen LogP contribution in [-0.4, -0.2) is 0 Å². The number of benzene rings is 11. The van der Waals surface area contributed by atoms with Crippen LogP contribution in [0.1, 0.15) is 0 Å². The van der Waals surface area contributed by atoms with Crippen molar-refractivity contribution < 1.29 is 8.83 Å². The van der Waals surface area contributed by atoms with E-state index in [-0.39, 0.29) is 0 Å². The number of hydrogen-bond acceptors (Lipinski definition) is 4. The molecule has 0 unspecified atom stereocenters. The molecule has 4 nitrogen and oxygen atoms in total. The van der Waals surface area contributed by atoms with Crippen molar-refractivity contribution in [1.82, 2.24) is 0 Å². The van der Waals surface area contributed by atoms with E-state index >= 15 is 0 Å². The average Bonchev–Trinajstić information content (AvgIpc) is 3.93. The van der Waals surface area contributed by atoms with Crippen molar-refractivity contribution in [1.29, 1.82) is 0 Å². The Bertz CT molecular complexity index is 3930. The Balaban J connectivity index is 0.909. The van der Waals surface area contributed by atoms with Gasteiger partial charge >= 0.3 is 0 Å². The van der Waals surface area contributed by atoms with Crippen LogP contribution in [0.25, 0.3) is 87.7 Å². The van der Waals surface area contributed by atoms with Crippen molar-refractivity contribution >= 4 is 99.5 Å². The van der Waals surface area contributed by atoms with Gasteiger partial charge in [-0.05, 0) is 153 Å². The maximum Gasteiger partial charge on any atom is 0.147 e. The van der Waals surface area contributed by atoms with E-state index in [4.69, 9.17) is 8.83 Å². The summed E-state index contributed by atoms with van der Waals surface area (Å²) in [7, 11) is 0. The first-order valence-corrected chi connectivity index (χ1v) is 22.4. The Kier molecular flexibility index (Phi) is 8.81. The molecule has 0 aliphatic rings. The molecular formula is C62H40N2O2. The van der Waals surface area contributed by atoms with Gasteiger partial charge in [-0.15, -0.1) is 0 Å². The van der Waals surface area contributed by atoms with Crippen LogP contribution in [0.3, 0.4) is 0 Å². The van der Waals surface area contributed by atoms with Crippen molar-refractivity contribution in [2.45, 2.75) is 0 Å². The molecular weight excluding hydrogens is 805 g/mol. The number of para-hydroxylation sites is 2. The molecule has 0 N–H and O–H groups in total. The number of nitrogens with zero attached hydrogens (tertiary/aromatic N) is 2. The Morgan fingerprint density at radius 1 is 0.242 bits per heavy atom. The molecule has 0 aliphatic carbocycles. The summed E-state index contributed by atoms with van der Waals surface area (Å²) in [5.41, 5.74) is 14.5. The minimum atomic E-state index is 0.804. The summed E-state index contributed by atoms with van der Waals surface area (Å²) in [5.74, 6) is 0. The zero-order valence-electron chi connectivity index (χ0n) is 35.8. The van der Waals surface area contributed by atoms with Crippen LogP contribution in [0.2, 0.25) is 0 Å². The first-order valence-electron chi connectivity index (χ1n) is 22.4. The van der Waals surface area contributed by atoms with Crippen molar-refractivity contribution in [2.75, 3.05) is 9.80 Å². The highest BCUT2D eigenvalue weighted by atomic mass is 16.3. The zero-order valence-corrected chi connectivity index (χ0v) is 35.8. The maximum absolute atomic E-state index is 6.90. The van der Waals surface area contributed by atoms with E-state index in [0.29, 0.717) is 0 Å². The lowest BCUT2D eigenvalue weighted by Gasteiger charge is -2.26. The second kappa shape index (κ2) is 15.4. The highest BCUT2D eigenvalue weighted by Gasteiger charge is 2.20. The molecule has 13 rings (SSSR count). The van der Waals surface area contributed by atoms with E-state index in [1.165, 1.54) is 22.3 Å². The fraction of sp³-hybridized carbons (Fsp3) is 0. The number of furan rings is 2. The quantitative estimate of drug-likeness (QED) is 0.153. The van der Waals surface area contributed by atoms with Gasteiger partial charge in [0.15, 0.2) is 0 Å². The Labute approximate surface area is 381 Å². The van der Waals surface area contributed by atoms with Gasteiger partial charge in [-0.2, -0.15) is 0 Å². The van der Waals surface area contributed by atoms with Crippen molar-refractivity contribution in [3.63, 3.8) is 0 Å². The minimum absolute atomic E-state index is 0.804. The lowest BCUT2D eigenvalue weighted by molar-refractivity contribution is 0.663. The van der Waals surface area contributed by atoms with Gasteiger partial charge in [-0.3, -0.25) is 0 Å². The molecule has 4 heteroatoms. The monoisotopic (exact) mass is 844 g/mol. The van der Waals surface area contributed by atoms with Gasteiger partial charge in [0.1, 0.15) is 22.3 Å². The van der Waals surface area contributed by atoms with Crippen LogP contribution in [0.15, 0.2) is 251 Å². The molecule has 0 radical (unpaired) electrons. The first-order chi connectivity index (χ1) is 32.7. The third-order valence-corrected chi connectivity index (χ3v) is 12.9. The van der Waals surface area contributed by atoms with Crippen LogP contribution in [0.4, 0.5) is 34.1 Å². The average molecular weight is 845 g/mol. The Morgan fingerprint density at radius 2 is 0.682 bits per heavy atom. The topological polar surface area (TPSA) is 32.8 Å². The highest BCUT2D eigenvalue weighted by Crippen LogP contribution is 2.44. The normalized spacial score (nSPS) is 11.6. The van der Waals surface area contributed by atoms with E-state index in [1.54, 1.807) is 0 Å². The van der Waals surface area contributed by atoms with Gasteiger partial charge in [0.25, 0.3) is 0 Å². The molecule has 0 spiro atoms. The van der Waals surface area contributed by atoms with Crippen molar-refractivity contribution in [3.05, 3.63) is 243 Å². The predicted molar refractivity (Wildman–Crippen MR) is 276 cm³/mol. The summed E-state index contributed by atoms with van der Waals surface area (Å²) in [6, 6.07) is 86.3.